The van der Waals surface area contributed by atoms with Crippen LogP contribution in [0.1, 0.15) is 11.1 Å². The molecular formula is C18H17NO4. The van der Waals surface area contributed by atoms with Crippen LogP contribution in [0.15, 0.2) is 54.6 Å². The summed E-state index contributed by atoms with van der Waals surface area (Å²) in [6.07, 6.45) is -1.52. The maximum Gasteiger partial charge on any atom is 0.332 e. The number of rotatable bonds is 7. The molecule has 1 unspecified atom stereocenters. The van der Waals surface area contributed by atoms with Crippen molar-refractivity contribution in [1.82, 2.24) is 0 Å². The monoisotopic (exact) mass is 311 g/mol. The van der Waals surface area contributed by atoms with Gasteiger partial charge in [0.1, 0.15) is 11.8 Å². The maximum atomic E-state index is 10.6. The Balaban J connectivity index is 1.96. The number of benzene rings is 2. The van der Waals surface area contributed by atoms with Gasteiger partial charge in [0.25, 0.3) is 0 Å². The molecule has 2 aromatic carbocycles. The fraction of sp³-hybridized carbons (Fsp3) is 0.222. The lowest BCUT2D eigenvalue weighted by molar-refractivity contribution is -0.146. The number of nitriles is 1. The van der Waals surface area contributed by atoms with Gasteiger partial charge in [-0.1, -0.05) is 42.5 Å². The number of hydrogen-bond acceptors (Lipinski definition) is 4. The Morgan fingerprint density at radius 1 is 1.04 bits per heavy atom. The van der Waals surface area contributed by atoms with Crippen molar-refractivity contribution in [3.05, 3.63) is 65.7 Å². The Bertz CT molecular complexity index is 676. The van der Waals surface area contributed by atoms with E-state index in [-0.39, 0.29) is 6.42 Å². The molecule has 0 aliphatic carbocycles. The van der Waals surface area contributed by atoms with Gasteiger partial charge in [0.2, 0.25) is 0 Å². The van der Waals surface area contributed by atoms with E-state index in [4.69, 9.17) is 9.84 Å². The molecule has 0 saturated carbocycles. The Morgan fingerprint density at radius 2 is 1.65 bits per heavy atom. The number of aliphatic hydroxyl groups excluding tert-OH is 1. The zero-order chi connectivity index (χ0) is 16.7. The van der Waals surface area contributed by atoms with Gasteiger partial charge in [0.05, 0.1) is 0 Å². The first-order chi connectivity index (χ1) is 11.1. The van der Waals surface area contributed by atoms with E-state index in [1.165, 1.54) is 0 Å². The van der Waals surface area contributed by atoms with Gasteiger partial charge in [-0.15, -0.1) is 0 Å². The fourth-order valence-corrected chi connectivity index (χ4v) is 2.12. The minimum atomic E-state index is -1.42. The van der Waals surface area contributed by atoms with Gasteiger partial charge in [-0.2, -0.15) is 5.26 Å². The normalized spacial score (nSPS) is 12.9. The molecule has 118 valence electrons. The third-order valence-corrected chi connectivity index (χ3v) is 3.32. The summed E-state index contributed by atoms with van der Waals surface area (Å²) in [7, 11) is 0. The second-order valence-corrected chi connectivity index (χ2v) is 5.13. The van der Waals surface area contributed by atoms with Crippen molar-refractivity contribution in [3.8, 4) is 11.8 Å². The third kappa shape index (κ3) is 5.13. The largest absolute Gasteiger partial charge is 0.479 e. The van der Waals surface area contributed by atoms with Crippen molar-refractivity contribution in [2.24, 2.45) is 0 Å². The predicted octanol–water partition coefficient (Wildman–Crippen LogP) is 2.19. The van der Waals surface area contributed by atoms with Crippen LogP contribution in [-0.4, -0.2) is 28.4 Å². The van der Waals surface area contributed by atoms with Crippen molar-refractivity contribution in [1.29, 1.82) is 5.26 Å². The van der Waals surface area contributed by atoms with E-state index in [0.717, 1.165) is 5.56 Å². The fourth-order valence-electron chi connectivity index (χ4n) is 2.12. The quantitative estimate of drug-likeness (QED) is 0.818. The van der Waals surface area contributed by atoms with Gasteiger partial charge in [-0.3, -0.25) is 0 Å². The zero-order valence-corrected chi connectivity index (χ0v) is 12.4. The number of carboxylic acids is 1. The molecule has 0 spiro atoms. The third-order valence-electron chi connectivity index (χ3n) is 3.32. The van der Waals surface area contributed by atoms with Crippen LogP contribution in [-0.2, 0) is 17.6 Å². The Labute approximate surface area is 134 Å². The van der Waals surface area contributed by atoms with E-state index in [9.17, 15) is 15.2 Å². The number of aliphatic carboxylic acids is 1. The van der Waals surface area contributed by atoms with Gasteiger partial charge >= 0.3 is 5.97 Å². The summed E-state index contributed by atoms with van der Waals surface area (Å²) in [5.74, 6) is -0.723. The minimum absolute atomic E-state index is 0.0291. The Morgan fingerprint density at radius 3 is 2.22 bits per heavy atom. The average Bonchev–Trinajstić information content (AvgIpc) is 2.56. The van der Waals surface area contributed by atoms with Crippen LogP contribution in [0.25, 0.3) is 0 Å². The van der Waals surface area contributed by atoms with Crippen LogP contribution in [0.4, 0.5) is 0 Å². The summed E-state index contributed by atoms with van der Waals surface area (Å²) < 4.78 is 5.64. The van der Waals surface area contributed by atoms with Crippen molar-refractivity contribution in [3.63, 3.8) is 0 Å². The molecule has 2 atom stereocenters. The molecule has 2 rings (SSSR count). The molecule has 23 heavy (non-hydrogen) atoms. The molecule has 5 nitrogen and oxygen atoms in total. The summed E-state index contributed by atoms with van der Waals surface area (Å²) in [6.45, 7) is 0. The minimum Gasteiger partial charge on any atom is -0.479 e. The van der Waals surface area contributed by atoms with Crippen molar-refractivity contribution >= 4 is 5.97 Å². The SMILES string of the molecule is N#CC(Cc1ccccc1)Oc1ccc(C[C@H](O)C(=O)O)cc1. The maximum absolute atomic E-state index is 10.6. The van der Waals surface area contributed by atoms with E-state index in [0.29, 0.717) is 17.7 Å². The number of nitrogens with zero attached hydrogens (tertiary/aromatic N) is 1. The molecule has 0 saturated heterocycles. The molecule has 0 aliphatic rings. The van der Waals surface area contributed by atoms with Crippen LogP contribution in [0, 0.1) is 11.3 Å². The number of hydrogen-bond donors (Lipinski definition) is 2. The highest BCUT2D eigenvalue weighted by Gasteiger charge is 2.14. The van der Waals surface area contributed by atoms with E-state index in [1.807, 2.05) is 30.3 Å². The van der Waals surface area contributed by atoms with Crippen LogP contribution in [0.2, 0.25) is 0 Å². The molecule has 0 bridgehead atoms. The second-order valence-electron chi connectivity index (χ2n) is 5.13. The molecule has 0 aromatic heterocycles. The summed E-state index contributed by atoms with van der Waals surface area (Å²) in [6, 6.07) is 18.4. The molecule has 0 fully saturated rings. The number of aliphatic hydroxyl groups is 1. The molecule has 0 heterocycles. The molecule has 0 aliphatic heterocycles. The van der Waals surface area contributed by atoms with E-state index in [2.05, 4.69) is 6.07 Å². The Hall–Kier alpha value is -2.84. The van der Waals surface area contributed by atoms with Crippen molar-refractivity contribution in [2.45, 2.75) is 25.0 Å². The molecule has 2 aromatic rings. The summed E-state index contributed by atoms with van der Waals surface area (Å²) in [4.78, 5) is 10.6. The second kappa shape index (κ2) is 7.97. The van der Waals surface area contributed by atoms with Gasteiger partial charge in [-0.05, 0) is 23.3 Å². The number of ether oxygens (including phenoxy) is 1. The lowest BCUT2D eigenvalue weighted by Gasteiger charge is -2.13. The smallest absolute Gasteiger partial charge is 0.332 e. The van der Waals surface area contributed by atoms with E-state index < -0.39 is 18.2 Å². The highest BCUT2D eigenvalue weighted by molar-refractivity contribution is 5.72. The average molecular weight is 311 g/mol. The van der Waals surface area contributed by atoms with Crippen LogP contribution in [0.3, 0.4) is 0 Å². The molecule has 5 heteroatoms. The lowest BCUT2D eigenvalue weighted by Crippen LogP contribution is -2.22. The number of carbonyl (C=O) groups is 1. The molecule has 2 N–H and O–H groups in total. The molecular weight excluding hydrogens is 294 g/mol. The topological polar surface area (TPSA) is 90.5 Å². The lowest BCUT2D eigenvalue weighted by atomic mass is 10.1. The van der Waals surface area contributed by atoms with E-state index >= 15 is 0 Å². The first-order valence-electron chi connectivity index (χ1n) is 7.18. The van der Waals surface area contributed by atoms with Gasteiger partial charge < -0.3 is 14.9 Å². The van der Waals surface area contributed by atoms with Gasteiger partial charge in [0.15, 0.2) is 12.2 Å². The van der Waals surface area contributed by atoms with Crippen LogP contribution >= 0.6 is 0 Å². The Kier molecular flexibility index (Phi) is 5.73. The zero-order valence-electron chi connectivity index (χ0n) is 12.4. The first kappa shape index (κ1) is 16.5. The summed E-state index contributed by atoms with van der Waals surface area (Å²) in [5, 5.41) is 27.2. The molecule has 0 amide bonds. The summed E-state index contributed by atoms with van der Waals surface area (Å²) >= 11 is 0. The number of carboxylic acid groups (broad SMARTS) is 1. The van der Waals surface area contributed by atoms with E-state index in [1.54, 1.807) is 24.3 Å². The van der Waals surface area contributed by atoms with Crippen LogP contribution < -0.4 is 4.74 Å². The standard InChI is InChI=1S/C18H17NO4/c19-12-16(10-13-4-2-1-3-5-13)23-15-8-6-14(7-9-15)11-17(20)18(21)22/h1-9,16-17,20H,10-11H2,(H,21,22)/t16?,17-/m0/s1. The predicted molar refractivity (Wildman–Crippen MR) is 84.0 cm³/mol. The van der Waals surface area contributed by atoms with Gasteiger partial charge in [0, 0.05) is 12.8 Å². The summed E-state index contributed by atoms with van der Waals surface area (Å²) in [5.41, 5.74) is 1.70. The van der Waals surface area contributed by atoms with Gasteiger partial charge in [-0.25, -0.2) is 4.79 Å². The van der Waals surface area contributed by atoms with Crippen molar-refractivity contribution in [2.75, 3.05) is 0 Å². The first-order valence-corrected chi connectivity index (χ1v) is 7.18. The highest BCUT2D eigenvalue weighted by Crippen LogP contribution is 2.16. The highest BCUT2D eigenvalue weighted by atomic mass is 16.5. The molecule has 0 radical (unpaired) electrons. The van der Waals surface area contributed by atoms with Crippen molar-refractivity contribution < 1.29 is 19.7 Å². The van der Waals surface area contributed by atoms with Crippen LogP contribution in [0.5, 0.6) is 5.75 Å².